The normalized spacial score (nSPS) is 15.5. The first-order chi connectivity index (χ1) is 19.4. The van der Waals surface area contributed by atoms with E-state index in [0.29, 0.717) is 5.69 Å². The van der Waals surface area contributed by atoms with E-state index in [1.807, 2.05) is 0 Å². The third kappa shape index (κ3) is 6.83. The Kier molecular flexibility index (Phi) is 8.93. The van der Waals surface area contributed by atoms with Gasteiger partial charge < -0.3 is 24.8 Å². The average Bonchev–Trinajstić information content (AvgIpc) is 2.93. The highest BCUT2D eigenvalue weighted by Gasteiger charge is 2.34. The van der Waals surface area contributed by atoms with Crippen LogP contribution in [0.5, 0.6) is 5.75 Å². The van der Waals surface area contributed by atoms with Crippen molar-refractivity contribution in [2.24, 2.45) is 0 Å². The molecule has 0 saturated carbocycles. The maximum absolute atomic E-state index is 14.6. The number of carbonyl (C=O) groups is 2. The molecular weight excluding hydrogens is 560 g/mol. The molecule has 2 N–H and O–H groups in total. The molecule has 0 radical (unpaired) electrons. The zero-order valence-electron chi connectivity index (χ0n) is 23.0. The minimum absolute atomic E-state index is 0.0132. The summed E-state index contributed by atoms with van der Waals surface area (Å²) in [5.74, 6) is -1.99. The van der Waals surface area contributed by atoms with E-state index in [-0.39, 0.29) is 59.8 Å². The van der Waals surface area contributed by atoms with Gasteiger partial charge in [-0.25, -0.2) is 23.5 Å². The van der Waals surface area contributed by atoms with Gasteiger partial charge in [-0.3, -0.25) is 9.69 Å². The van der Waals surface area contributed by atoms with Crippen LogP contribution in [0.15, 0.2) is 42.6 Å². The lowest BCUT2D eigenvalue weighted by Gasteiger charge is -2.42. The Morgan fingerprint density at radius 1 is 1.17 bits per heavy atom. The smallest absolute Gasteiger partial charge is 0.410 e. The molecule has 1 aliphatic rings. The van der Waals surface area contributed by atoms with Gasteiger partial charge in [-0.15, -0.1) is 0 Å². The fraction of sp³-hybridized carbons (Fsp3) is 0.357. The number of piperazine rings is 1. The van der Waals surface area contributed by atoms with Crippen LogP contribution in [0, 0.1) is 11.6 Å². The monoisotopic (exact) mass is 589 g/mol. The number of methoxy groups -OCH3 is 1. The lowest BCUT2D eigenvalue weighted by molar-refractivity contribution is 0.00705. The van der Waals surface area contributed by atoms with Gasteiger partial charge in [0.1, 0.15) is 28.7 Å². The number of aliphatic hydroxyl groups is 1. The largest absolute Gasteiger partial charge is 0.496 e. The number of rotatable bonds is 6. The van der Waals surface area contributed by atoms with Crippen LogP contribution in [0.4, 0.5) is 25.0 Å². The number of ether oxygens (including phenoxy) is 2. The van der Waals surface area contributed by atoms with Crippen LogP contribution in [0.3, 0.4) is 0 Å². The van der Waals surface area contributed by atoms with Crippen molar-refractivity contribution < 1.29 is 33.0 Å². The summed E-state index contributed by atoms with van der Waals surface area (Å²) in [6.45, 7) is 5.53. The summed E-state index contributed by atoms with van der Waals surface area (Å²) >= 11 is 6.10. The van der Waals surface area contributed by atoms with Crippen LogP contribution >= 0.6 is 11.6 Å². The lowest BCUT2D eigenvalue weighted by atomic mass is 10.1. The van der Waals surface area contributed by atoms with Crippen LogP contribution < -0.4 is 15.0 Å². The molecule has 1 saturated heterocycles. The summed E-state index contributed by atoms with van der Waals surface area (Å²) in [6.07, 6.45) is 0.738. The standard InChI is InChI=1S/C28H30ClF2N5O5/c1-28(2,3)41-27(39)36-11-10-35(14-16(36)15-37)22-12-17(29)19(31)13-21(22)34-26(38)20-8-9-32-25(33-20)24-18(30)6-5-7-23(24)40-4/h5-9,12-13,16,37H,10-11,14-15H2,1-4H3,(H,34,38). The van der Waals surface area contributed by atoms with E-state index in [1.54, 1.807) is 31.7 Å². The van der Waals surface area contributed by atoms with Gasteiger partial charge in [0.15, 0.2) is 5.82 Å². The van der Waals surface area contributed by atoms with Crippen LogP contribution in [0.25, 0.3) is 11.4 Å². The summed E-state index contributed by atoms with van der Waals surface area (Å²) in [5, 5.41) is 12.5. The number of hydrogen-bond acceptors (Lipinski definition) is 8. The van der Waals surface area contributed by atoms with Gasteiger partial charge in [0, 0.05) is 31.9 Å². The minimum atomic E-state index is -0.767. The molecule has 1 aromatic heterocycles. The van der Waals surface area contributed by atoms with Gasteiger partial charge >= 0.3 is 6.09 Å². The number of amides is 2. The minimum Gasteiger partial charge on any atom is -0.496 e. The second kappa shape index (κ2) is 12.2. The summed E-state index contributed by atoms with van der Waals surface area (Å²) in [7, 11) is 1.38. The Labute approximate surface area is 240 Å². The molecule has 0 bridgehead atoms. The predicted molar refractivity (Wildman–Crippen MR) is 149 cm³/mol. The molecule has 1 fully saturated rings. The Balaban J connectivity index is 1.60. The highest BCUT2D eigenvalue weighted by molar-refractivity contribution is 6.31. The van der Waals surface area contributed by atoms with E-state index in [2.05, 4.69) is 15.3 Å². The van der Waals surface area contributed by atoms with Crippen molar-refractivity contribution in [1.29, 1.82) is 0 Å². The van der Waals surface area contributed by atoms with Crippen LogP contribution in [-0.4, -0.2) is 77.0 Å². The molecule has 41 heavy (non-hydrogen) atoms. The molecule has 2 heterocycles. The Morgan fingerprint density at radius 3 is 2.61 bits per heavy atom. The molecule has 218 valence electrons. The van der Waals surface area contributed by atoms with Crippen molar-refractivity contribution in [3.05, 3.63) is 64.9 Å². The first-order valence-corrected chi connectivity index (χ1v) is 13.1. The van der Waals surface area contributed by atoms with Gasteiger partial charge in [0.2, 0.25) is 0 Å². The average molecular weight is 590 g/mol. The molecule has 0 aliphatic carbocycles. The topological polar surface area (TPSA) is 117 Å². The number of benzene rings is 2. The van der Waals surface area contributed by atoms with Crippen molar-refractivity contribution in [3.63, 3.8) is 0 Å². The van der Waals surface area contributed by atoms with E-state index in [0.717, 1.165) is 6.07 Å². The molecule has 2 aromatic carbocycles. The number of aromatic nitrogens is 2. The third-order valence-corrected chi connectivity index (χ3v) is 6.55. The van der Waals surface area contributed by atoms with Crippen LogP contribution in [-0.2, 0) is 4.74 Å². The zero-order valence-corrected chi connectivity index (χ0v) is 23.7. The number of hydrogen-bond donors (Lipinski definition) is 2. The maximum Gasteiger partial charge on any atom is 0.410 e. The molecular formula is C28H30ClF2N5O5. The van der Waals surface area contributed by atoms with E-state index in [9.17, 15) is 23.5 Å². The number of aliphatic hydroxyl groups excluding tert-OH is 1. The first kappa shape index (κ1) is 29.9. The van der Waals surface area contributed by atoms with Gasteiger partial charge in [-0.1, -0.05) is 17.7 Å². The second-order valence-corrected chi connectivity index (χ2v) is 10.7. The number of nitrogens with one attached hydrogen (secondary N) is 1. The first-order valence-electron chi connectivity index (χ1n) is 12.7. The van der Waals surface area contributed by atoms with E-state index < -0.39 is 35.3 Å². The number of anilines is 2. The van der Waals surface area contributed by atoms with Crippen molar-refractivity contribution in [2.75, 3.05) is 43.6 Å². The van der Waals surface area contributed by atoms with E-state index in [4.69, 9.17) is 21.1 Å². The van der Waals surface area contributed by atoms with Crippen molar-refractivity contribution >= 4 is 35.0 Å². The molecule has 1 atom stereocenters. The Bertz CT molecular complexity index is 1450. The molecule has 4 rings (SSSR count). The molecule has 1 unspecified atom stereocenters. The fourth-order valence-corrected chi connectivity index (χ4v) is 4.53. The second-order valence-electron chi connectivity index (χ2n) is 10.3. The summed E-state index contributed by atoms with van der Waals surface area (Å²) in [4.78, 5) is 37.4. The highest BCUT2D eigenvalue weighted by Crippen LogP contribution is 2.34. The predicted octanol–water partition coefficient (Wildman–Crippen LogP) is 4.75. The van der Waals surface area contributed by atoms with Crippen molar-refractivity contribution in [1.82, 2.24) is 14.9 Å². The number of halogens is 3. The summed E-state index contributed by atoms with van der Waals surface area (Å²) in [5.41, 5.74) is -0.376. The molecule has 0 spiro atoms. The number of carbonyl (C=O) groups excluding carboxylic acids is 2. The number of nitrogens with zero attached hydrogens (tertiary/aromatic N) is 4. The van der Waals surface area contributed by atoms with Gasteiger partial charge in [0.25, 0.3) is 5.91 Å². The maximum atomic E-state index is 14.6. The third-order valence-electron chi connectivity index (χ3n) is 6.26. The SMILES string of the molecule is COc1cccc(F)c1-c1nccc(C(=O)Nc2cc(F)c(Cl)cc2N2CCN(C(=O)OC(C)(C)C)C(CO)C2)n1. The fourth-order valence-electron chi connectivity index (χ4n) is 4.37. The van der Waals surface area contributed by atoms with Gasteiger partial charge in [-0.2, -0.15) is 0 Å². The van der Waals surface area contributed by atoms with Crippen LogP contribution in [0.2, 0.25) is 5.02 Å². The zero-order chi connectivity index (χ0) is 29.9. The van der Waals surface area contributed by atoms with E-state index in [1.165, 1.54) is 42.5 Å². The van der Waals surface area contributed by atoms with E-state index >= 15 is 0 Å². The quantitative estimate of drug-likeness (QED) is 0.423. The molecule has 2 amide bonds. The van der Waals surface area contributed by atoms with Gasteiger partial charge in [0.05, 0.1) is 41.7 Å². The molecule has 1 aliphatic heterocycles. The molecule has 10 nitrogen and oxygen atoms in total. The Hall–Kier alpha value is -4.03. The van der Waals surface area contributed by atoms with Gasteiger partial charge in [-0.05, 0) is 45.0 Å². The van der Waals surface area contributed by atoms with Crippen LogP contribution in [0.1, 0.15) is 31.3 Å². The summed E-state index contributed by atoms with van der Waals surface area (Å²) in [6, 6.07) is 7.37. The van der Waals surface area contributed by atoms with Crippen molar-refractivity contribution in [2.45, 2.75) is 32.4 Å². The summed E-state index contributed by atoms with van der Waals surface area (Å²) < 4.78 is 39.8. The van der Waals surface area contributed by atoms with Crippen molar-refractivity contribution in [3.8, 4) is 17.1 Å². The molecule has 3 aromatic rings. The highest BCUT2D eigenvalue weighted by atomic mass is 35.5. The Morgan fingerprint density at radius 2 is 1.93 bits per heavy atom. The lowest BCUT2D eigenvalue weighted by Crippen LogP contribution is -2.57. The molecule has 13 heteroatoms.